The number of benzene rings is 2. The Hall–Kier alpha value is -2.57. The third-order valence-corrected chi connectivity index (χ3v) is 3.08. The Morgan fingerprint density at radius 2 is 1.67 bits per heavy atom. The van der Waals surface area contributed by atoms with Crippen LogP contribution in [0.1, 0.15) is 11.1 Å². The van der Waals surface area contributed by atoms with E-state index in [0.29, 0.717) is 12.0 Å². The van der Waals surface area contributed by atoms with Crippen molar-refractivity contribution in [2.45, 2.75) is 12.0 Å². The zero-order chi connectivity index (χ0) is 15.1. The highest BCUT2D eigenvalue weighted by Gasteiger charge is 2.37. The molecule has 1 N–H and O–H groups in total. The molecule has 0 saturated heterocycles. The Morgan fingerprint density at radius 1 is 1.10 bits per heavy atom. The Balaban J connectivity index is 2.28. The fourth-order valence-corrected chi connectivity index (χ4v) is 1.94. The summed E-state index contributed by atoms with van der Waals surface area (Å²) in [7, 11) is 1.23. The summed E-state index contributed by atoms with van der Waals surface area (Å²) in [6, 6.07) is 18.2. The van der Waals surface area contributed by atoms with E-state index in [9.17, 15) is 9.90 Å². The van der Waals surface area contributed by atoms with Crippen molar-refractivity contribution in [2.75, 3.05) is 7.11 Å². The average molecular weight is 280 g/mol. The number of carbonyl (C=O) groups excluding carboxylic acids is 1. The Bertz CT molecular complexity index is 653. The minimum atomic E-state index is -1.94. The van der Waals surface area contributed by atoms with Crippen molar-refractivity contribution in [1.29, 1.82) is 0 Å². The van der Waals surface area contributed by atoms with Crippen LogP contribution in [0.25, 0.3) is 0 Å². The summed E-state index contributed by atoms with van der Waals surface area (Å²) < 4.78 is 4.68. The normalized spacial score (nSPS) is 12.7. The third kappa shape index (κ3) is 3.50. The topological polar surface area (TPSA) is 46.5 Å². The molecule has 0 aliphatic heterocycles. The van der Waals surface area contributed by atoms with Crippen LogP contribution in [0.5, 0.6) is 0 Å². The smallest absolute Gasteiger partial charge is 0.355 e. The summed E-state index contributed by atoms with van der Waals surface area (Å²) in [5, 5.41) is 10.6. The van der Waals surface area contributed by atoms with E-state index in [0.717, 1.165) is 5.56 Å². The number of methoxy groups -OCH3 is 1. The molecule has 1 atom stereocenters. The minimum absolute atomic E-state index is 0.400. The molecule has 106 valence electrons. The highest BCUT2D eigenvalue weighted by molar-refractivity contribution is 5.85. The minimum Gasteiger partial charge on any atom is -0.466 e. The molecule has 0 radical (unpaired) electrons. The van der Waals surface area contributed by atoms with Crippen molar-refractivity contribution in [1.82, 2.24) is 0 Å². The van der Waals surface area contributed by atoms with Gasteiger partial charge in [-0.1, -0.05) is 72.5 Å². The lowest BCUT2D eigenvalue weighted by atomic mass is 9.94. The predicted octanol–water partition coefficient (Wildman–Crippen LogP) is 2.29. The van der Waals surface area contributed by atoms with E-state index in [1.807, 2.05) is 30.3 Å². The summed E-state index contributed by atoms with van der Waals surface area (Å²) >= 11 is 0. The van der Waals surface area contributed by atoms with E-state index in [1.54, 1.807) is 30.3 Å². The van der Waals surface area contributed by atoms with Gasteiger partial charge in [0.15, 0.2) is 0 Å². The summed E-state index contributed by atoms with van der Waals surface area (Å²) in [6.45, 7) is 0. The van der Waals surface area contributed by atoms with Crippen molar-refractivity contribution in [3.05, 3.63) is 71.8 Å². The van der Waals surface area contributed by atoms with Gasteiger partial charge in [-0.25, -0.2) is 4.79 Å². The zero-order valence-electron chi connectivity index (χ0n) is 11.7. The molecule has 3 nitrogen and oxygen atoms in total. The summed E-state index contributed by atoms with van der Waals surface area (Å²) in [5.41, 5.74) is -0.521. The van der Waals surface area contributed by atoms with Gasteiger partial charge >= 0.3 is 5.97 Å². The van der Waals surface area contributed by atoms with Crippen LogP contribution in [0.4, 0.5) is 0 Å². The first-order valence-corrected chi connectivity index (χ1v) is 6.57. The molecule has 2 aromatic rings. The van der Waals surface area contributed by atoms with E-state index in [4.69, 9.17) is 0 Å². The Labute approximate surface area is 124 Å². The van der Waals surface area contributed by atoms with Gasteiger partial charge in [0.05, 0.1) is 7.11 Å². The molecule has 21 heavy (non-hydrogen) atoms. The number of aliphatic hydroxyl groups is 1. The highest BCUT2D eigenvalue weighted by Crippen LogP contribution is 2.21. The molecule has 0 saturated carbocycles. The molecule has 0 bridgehead atoms. The molecule has 1 unspecified atom stereocenters. The van der Waals surface area contributed by atoms with Gasteiger partial charge in [0.25, 0.3) is 0 Å². The molecule has 0 amide bonds. The molecule has 0 fully saturated rings. The SMILES string of the molecule is COC(=O)C(O)(C#CCc1ccccc1)c1ccccc1. The quantitative estimate of drug-likeness (QED) is 0.693. The molecular weight excluding hydrogens is 264 g/mol. The number of hydrogen-bond donors (Lipinski definition) is 1. The maximum atomic E-state index is 11.9. The van der Waals surface area contributed by atoms with Crippen LogP contribution >= 0.6 is 0 Å². The molecule has 2 rings (SSSR count). The predicted molar refractivity (Wildman–Crippen MR) is 80.3 cm³/mol. The van der Waals surface area contributed by atoms with Gasteiger partial charge < -0.3 is 9.84 Å². The van der Waals surface area contributed by atoms with E-state index < -0.39 is 11.6 Å². The second-order valence-corrected chi connectivity index (χ2v) is 4.53. The van der Waals surface area contributed by atoms with E-state index >= 15 is 0 Å². The molecule has 0 heterocycles. The van der Waals surface area contributed by atoms with Crippen LogP contribution in [0.2, 0.25) is 0 Å². The van der Waals surface area contributed by atoms with Crippen molar-refractivity contribution >= 4 is 5.97 Å². The van der Waals surface area contributed by atoms with E-state index in [-0.39, 0.29) is 0 Å². The summed E-state index contributed by atoms with van der Waals surface area (Å²) in [6.07, 6.45) is 0.451. The standard InChI is InChI=1S/C18H16O3/c1-21-17(19)18(20,16-12-6-3-7-13-16)14-8-11-15-9-4-2-5-10-15/h2-7,9-10,12-13,20H,11H2,1H3. The number of esters is 1. The number of ether oxygens (including phenoxy) is 1. The molecule has 0 aliphatic rings. The van der Waals surface area contributed by atoms with Gasteiger partial charge in [-0.2, -0.15) is 0 Å². The second kappa shape index (κ2) is 6.74. The fraction of sp³-hybridized carbons (Fsp3) is 0.167. The van der Waals surface area contributed by atoms with Gasteiger partial charge in [-0.15, -0.1) is 0 Å². The van der Waals surface area contributed by atoms with Crippen LogP contribution in [0.15, 0.2) is 60.7 Å². The number of rotatable bonds is 3. The van der Waals surface area contributed by atoms with E-state index in [1.165, 1.54) is 7.11 Å². The molecule has 3 heteroatoms. The first kappa shape index (κ1) is 14.8. The molecule has 0 aliphatic carbocycles. The third-order valence-electron chi connectivity index (χ3n) is 3.08. The monoisotopic (exact) mass is 280 g/mol. The lowest BCUT2D eigenvalue weighted by Crippen LogP contribution is -2.35. The fourth-order valence-electron chi connectivity index (χ4n) is 1.94. The van der Waals surface area contributed by atoms with Crippen LogP contribution < -0.4 is 0 Å². The molecule has 2 aromatic carbocycles. The maximum absolute atomic E-state index is 11.9. The van der Waals surface area contributed by atoms with Crippen molar-refractivity contribution in [3.63, 3.8) is 0 Å². The van der Waals surface area contributed by atoms with Crippen molar-refractivity contribution in [3.8, 4) is 11.8 Å². The summed E-state index contributed by atoms with van der Waals surface area (Å²) in [5.74, 6) is 4.71. The maximum Gasteiger partial charge on any atom is 0.355 e. The van der Waals surface area contributed by atoms with Crippen LogP contribution in [0.3, 0.4) is 0 Å². The molecular formula is C18H16O3. The molecule has 0 aromatic heterocycles. The lowest BCUT2D eigenvalue weighted by molar-refractivity contribution is -0.157. The van der Waals surface area contributed by atoms with Crippen LogP contribution in [-0.4, -0.2) is 18.2 Å². The Kier molecular flexibility index (Phi) is 4.76. The first-order valence-electron chi connectivity index (χ1n) is 6.57. The van der Waals surface area contributed by atoms with Crippen LogP contribution in [-0.2, 0) is 21.6 Å². The highest BCUT2D eigenvalue weighted by atomic mass is 16.5. The lowest BCUT2D eigenvalue weighted by Gasteiger charge is -2.19. The van der Waals surface area contributed by atoms with Crippen molar-refractivity contribution in [2.24, 2.45) is 0 Å². The van der Waals surface area contributed by atoms with Gasteiger partial charge in [-0.3, -0.25) is 0 Å². The zero-order valence-corrected chi connectivity index (χ0v) is 11.7. The van der Waals surface area contributed by atoms with E-state index in [2.05, 4.69) is 16.6 Å². The Morgan fingerprint density at radius 3 is 2.24 bits per heavy atom. The molecule has 0 spiro atoms. The van der Waals surface area contributed by atoms with Gasteiger partial charge in [-0.05, 0) is 5.56 Å². The van der Waals surface area contributed by atoms with Gasteiger partial charge in [0.2, 0.25) is 5.60 Å². The second-order valence-electron chi connectivity index (χ2n) is 4.53. The van der Waals surface area contributed by atoms with Gasteiger partial charge in [0, 0.05) is 12.0 Å². The summed E-state index contributed by atoms with van der Waals surface area (Å²) in [4.78, 5) is 11.9. The number of hydrogen-bond acceptors (Lipinski definition) is 3. The number of carbonyl (C=O) groups is 1. The van der Waals surface area contributed by atoms with Gasteiger partial charge in [0.1, 0.15) is 0 Å². The van der Waals surface area contributed by atoms with Crippen molar-refractivity contribution < 1.29 is 14.6 Å². The average Bonchev–Trinajstić information content (AvgIpc) is 2.55. The first-order chi connectivity index (χ1) is 10.2. The van der Waals surface area contributed by atoms with Crippen LogP contribution in [0, 0.1) is 11.8 Å². The largest absolute Gasteiger partial charge is 0.466 e.